The smallest absolute Gasteiger partial charge is 0.244 e. The largest absolute Gasteiger partial charge is 0.457 e. The number of hydrogen-bond acceptors (Lipinski definition) is 5. The lowest BCUT2D eigenvalue weighted by molar-refractivity contribution is -0.139. The van der Waals surface area contributed by atoms with Gasteiger partial charge in [-0.15, -0.1) is 0 Å². The van der Waals surface area contributed by atoms with E-state index >= 15 is 0 Å². The van der Waals surface area contributed by atoms with E-state index in [1.54, 1.807) is 43.3 Å². The first-order chi connectivity index (χ1) is 18.5. The van der Waals surface area contributed by atoms with Crippen molar-refractivity contribution in [3.8, 4) is 11.5 Å². The molecule has 0 bridgehead atoms. The molecule has 0 fully saturated rings. The molecule has 0 saturated heterocycles. The zero-order valence-corrected chi connectivity index (χ0v) is 23.3. The third-order valence-electron chi connectivity index (χ3n) is 6.22. The average Bonchev–Trinajstić information content (AvgIpc) is 2.91. The first-order valence-electron chi connectivity index (χ1n) is 12.6. The molecule has 1 N–H and O–H groups in total. The minimum atomic E-state index is -3.87. The molecule has 39 heavy (non-hydrogen) atoms. The second-order valence-corrected chi connectivity index (χ2v) is 11.2. The van der Waals surface area contributed by atoms with E-state index in [1.165, 1.54) is 29.2 Å². The Kier molecular flexibility index (Phi) is 10.1. The topological polar surface area (TPSA) is 96.0 Å². The van der Waals surface area contributed by atoms with Crippen molar-refractivity contribution in [2.45, 2.75) is 45.8 Å². The third-order valence-corrected chi connectivity index (χ3v) is 7.36. The van der Waals surface area contributed by atoms with Crippen molar-refractivity contribution in [1.82, 2.24) is 10.2 Å². The van der Waals surface area contributed by atoms with E-state index in [4.69, 9.17) is 4.74 Å². The number of nitrogens with one attached hydrogen (secondary N) is 1. The van der Waals surface area contributed by atoms with E-state index in [1.807, 2.05) is 32.0 Å². The van der Waals surface area contributed by atoms with Gasteiger partial charge < -0.3 is 15.0 Å². The van der Waals surface area contributed by atoms with Gasteiger partial charge >= 0.3 is 0 Å². The number of para-hydroxylation sites is 1. The van der Waals surface area contributed by atoms with Crippen LogP contribution in [0.2, 0.25) is 0 Å². The maximum atomic E-state index is 13.6. The van der Waals surface area contributed by atoms with Gasteiger partial charge in [-0.1, -0.05) is 37.3 Å². The number of sulfonamides is 1. The molecule has 3 aromatic carbocycles. The first-order valence-corrected chi connectivity index (χ1v) is 14.5. The zero-order valence-electron chi connectivity index (χ0n) is 22.5. The molecule has 2 atom stereocenters. The molecule has 3 aromatic rings. The zero-order chi connectivity index (χ0) is 28.6. The van der Waals surface area contributed by atoms with Gasteiger partial charge in [-0.05, 0) is 74.4 Å². The number of benzene rings is 3. The Morgan fingerprint density at radius 1 is 0.923 bits per heavy atom. The molecular formula is C29H34FN3O5S. The van der Waals surface area contributed by atoms with E-state index in [0.717, 1.165) is 10.6 Å². The third kappa shape index (κ3) is 8.54. The molecule has 0 saturated carbocycles. The van der Waals surface area contributed by atoms with Gasteiger partial charge in [0.1, 0.15) is 29.9 Å². The maximum Gasteiger partial charge on any atom is 0.244 e. The molecule has 0 unspecified atom stereocenters. The Labute approximate surface area is 229 Å². The monoisotopic (exact) mass is 555 g/mol. The van der Waals surface area contributed by atoms with Crippen LogP contribution < -0.4 is 14.4 Å². The lowest BCUT2D eigenvalue weighted by atomic mass is 10.1. The van der Waals surface area contributed by atoms with Gasteiger partial charge in [0, 0.05) is 12.6 Å². The summed E-state index contributed by atoms with van der Waals surface area (Å²) in [6.07, 6.45) is 1.72. The van der Waals surface area contributed by atoms with Crippen LogP contribution in [-0.4, -0.2) is 50.0 Å². The van der Waals surface area contributed by atoms with Crippen LogP contribution in [0.3, 0.4) is 0 Å². The van der Waals surface area contributed by atoms with Crippen molar-refractivity contribution in [1.29, 1.82) is 0 Å². The van der Waals surface area contributed by atoms with Crippen molar-refractivity contribution in [2.24, 2.45) is 0 Å². The number of amides is 2. The van der Waals surface area contributed by atoms with E-state index in [9.17, 15) is 22.4 Å². The summed E-state index contributed by atoms with van der Waals surface area (Å²) in [5.74, 6) is -0.254. The Morgan fingerprint density at radius 2 is 1.51 bits per heavy atom. The number of hydrogen-bond donors (Lipinski definition) is 1. The van der Waals surface area contributed by atoms with Gasteiger partial charge in [-0.25, -0.2) is 12.8 Å². The minimum absolute atomic E-state index is 0.00430. The van der Waals surface area contributed by atoms with Crippen LogP contribution in [0.25, 0.3) is 0 Å². The van der Waals surface area contributed by atoms with Crippen LogP contribution in [0.15, 0.2) is 78.9 Å². The summed E-state index contributed by atoms with van der Waals surface area (Å²) in [5.41, 5.74) is 0.867. The Bertz CT molecular complexity index is 1350. The number of carbonyl (C=O) groups is 2. The number of nitrogens with zero attached hydrogens (tertiary/aromatic N) is 2. The highest BCUT2D eigenvalue weighted by atomic mass is 32.2. The van der Waals surface area contributed by atoms with Gasteiger partial charge in [0.15, 0.2) is 0 Å². The molecule has 0 heterocycles. The molecule has 3 rings (SSSR count). The highest BCUT2D eigenvalue weighted by Crippen LogP contribution is 2.26. The SMILES string of the molecule is CC[C@@H](C)NC(=O)[C@@H](C)N(Cc1ccc(F)cc1)C(=O)CN(c1ccc(Oc2ccccc2)cc1)S(C)(=O)=O. The lowest BCUT2D eigenvalue weighted by Crippen LogP contribution is -2.52. The Hall–Kier alpha value is -3.92. The van der Waals surface area contributed by atoms with E-state index in [0.29, 0.717) is 23.5 Å². The first kappa shape index (κ1) is 29.6. The average molecular weight is 556 g/mol. The highest BCUT2D eigenvalue weighted by Gasteiger charge is 2.30. The number of ether oxygens (including phenoxy) is 1. The fourth-order valence-corrected chi connectivity index (χ4v) is 4.60. The van der Waals surface area contributed by atoms with Crippen LogP contribution in [0.5, 0.6) is 11.5 Å². The Balaban J connectivity index is 1.85. The van der Waals surface area contributed by atoms with Crippen LogP contribution in [0.4, 0.5) is 10.1 Å². The minimum Gasteiger partial charge on any atom is -0.457 e. The summed E-state index contributed by atoms with van der Waals surface area (Å²) in [5, 5.41) is 2.86. The van der Waals surface area contributed by atoms with E-state index in [2.05, 4.69) is 5.32 Å². The molecule has 0 aliphatic carbocycles. The molecule has 0 aromatic heterocycles. The van der Waals surface area contributed by atoms with E-state index in [-0.39, 0.29) is 24.2 Å². The highest BCUT2D eigenvalue weighted by molar-refractivity contribution is 7.92. The second kappa shape index (κ2) is 13.2. The molecular weight excluding hydrogens is 521 g/mol. The summed E-state index contributed by atoms with van der Waals surface area (Å²) in [6, 6.07) is 20.0. The number of rotatable bonds is 12. The van der Waals surface area contributed by atoms with Gasteiger partial charge in [0.2, 0.25) is 21.8 Å². The van der Waals surface area contributed by atoms with Gasteiger partial charge in [0.05, 0.1) is 11.9 Å². The summed E-state index contributed by atoms with van der Waals surface area (Å²) in [4.78, 5) is 27.8. The van der Waals surface area contributed by atoms with Crippen molar-refractivity contribution in [3.05, 3.63) is 90.2 Å². The summed E-state index contributed by atoms with van der Waals surface area (Å²) < 4.78 is 45.7. The molecule has 10 heteroatoms. The number of anilines is 1. The molecule has 0 aliphatic heterocycles. The van der Waals surface area contributed by atoms with Gasteiger partial charge in [0.25, 0.3) is 0 Å². The van der Waals surface area contributed by atoms with Crippen molar-refractivity contribution < 1.29 is 27.1 Å². The standard InChI is InChI=1S/C29H34FN3O5S/c1-5-21(2)31-29(35)22(3)32(19-23-11-13-24(30)14-12-23)28(34)20-33(39(4,36)37)25-15-17-27(18-16-25)38-26-9-7-6-8-10-26/h6-18,21-22H,5,19-20H2,1-4H3,(H,31,35)/t21-,22-/m1/s1. The maximum absolute atomic E-state index is 13.6. The molecule has 0 aliphatic rings. The van der Waals surface area contributed by atoms with Crippen molar-refractivity contribution in [2.75, 3.05) is 17.1 Å². The molecule has 0 radical (unpaired) electrons. The fourth-order valence-electron chi connectivity index (χ4n) is 3.75. The predicted octanol–water partition coefficient (Wildman–Crippen LogP) is 4.72. The summed E-state index contributed by atoms with van der Waals surface area (Å²) in [7, 11) is -3.87. The van der Waals surface area contributed by atoms with E-state index < -0.39 is 34.3 Å². The second-order valence-electron chi connectivity index (χ2n) is 9.32. The quantitative estimate of drug-likeness (QED) is 0.349. The normalized spacial score (nSPS) is 12.7. The lowest BCUT2D eigenvalue weighted by Gasteiger charge is -2.32. The van der Waals surface area contributed by atoms with Crippen LogP contribution in [0.1, 0.15) is 32.8 Å². The number of halogens is 1. The fraction of sp³-hybridized carbons (Fsp3) is 0.310. The van der Waals surface area contributed by atoms with Gasteiger partial charge in [-0.2, -0.15) is 0 Å². The van der Waals surface area contributed by atoms with Gasteiger partial charge in [-0.3, -0.25) is 13.9 Å². The Morgan fingerprint density at radius 3 is 2.08 bits per heavy atom. The van der Waals surface area contributed by atoms with Crippen LogP contribution in [0, 0.1) is 5.82 Å². The summed E-state index contributed by atoms with van der Waals surface area (Å²) >= 11 is 0. The molecule has 8 nitrogen and oxygen atoms in total. The molecule has 208 valence electrons. The van der Waals surface area contributed by atoms with Crippen molar-refractivity contribution in [3.63, 3.8) is 0 Å². The van der Waals surface area contributed by atoms with Crippen molar-refractivity contribution >= 4 is 27.5 Å². The molecule has 2 amide bonds. The summed E-state index contributed by atoms with van der Waals surface area (Å²) in [6.45, 7) is 4.83. The van der Waals surface area contributed by atoms with Crippen LogP contribution in [-0.2, 0) is 26.2 Å². The number of carbonyl (C=O) groups excluding carboxylic acids is 2. The predicted molar refractivity (Wildman–Crippen MR) is 149 cm³/mol. The van der Waals surface area contributed by atoms with Crippen LogP contribution >= 0.6 is 0 Å². The molecule has 0 spiro atoms.